The summed E-state index contributed by atoms with van der Waals surface area (Å²) in [5.41, 5.74) is 3.60. The van der Waals surface area contributed by atoms with E-state index < -0.39 is 11.9 Å². The Kier molecular flexibility index (Phi) is 8.59. The van der Waals surface area contributed by atoms with Crippen LogP contribution in [-0.2, 0) is 4.79 Å². The summed E-state index contributed by atoms with van der Waals surface area (Å²) in [6.45, 7) is -0.231. The highest BCUT2D eigenvalue weighted by Gasteiger charge is 2.13. The lowest BCUT2D eigenvalue weighted by molar-refractivity contribution is -0.120. The van der Waals surface area contributed by atoms with Crippen LogP contribution in [0.2, 0.25) is 10.0 Å². The number of hydrogen-bond acceptors (Lipinski definition) is 5. The van der Waals surface area contributed by atoms with Crippen molar-refractivity contribution in [1.29, 1.82) is 0 Å². The van der Waals surface area contributed by atoms with E-state index in [-0.39, 0.29) is 23.0 Å². The molecule has 0 aliphatic carbocycles. The Hall–Kier alpha value is -3.20. The monoisotopic (exact) mass is 547 g/mol. The number of nitrogens with one attached hydrogen (secondary N) is 2. The third-order valence-corrected chi connectivity index (χ3v) is 5.18. The molecule has 33 heavy (non-hydrogen) atoms. The molecule has 0 aliphatic rings. The summed E-state index contributed by atoms with van der Waals surface area (Å²) in [6.07, 6.45) is 1.41. The van der Waals surface area contributed by atoms with E-state index in [4.69, 9.17) is 27.9 Å². The highest BCUT2D eigenvalue weighted by molar-refractivity contribution is 9.10. The van der Waals surface area contributed by atoms with Gasteiger partial charge in [-0.3, -0.25) is 9.59 Å². The summed E-state index contributed by atoms with van der Waals surface area (Å²) in [5.74, 6) is -1.17. The number of hydrazone groups is 1. The largest absolute Gasteiger partial charge is 0.423 e. The maximum Gasteiger partial charge on any atom is 0.345 e. The molecular formula is C23H16BrCl2N3O4. The molecule has 0 aromatic heterocycles. The number of ether oxygens (including phenoxy) is 1. The maximum atomic E-state index is 12.2. The van der Waals surface area contributed by atoms with Gasteiger partial charge < -0.3 is 10.1 Å². The standard InChI is InChI=1S/C23H16BrCl2N3O4/c24-16-3-1-2-15(10-16)22(31)27-13-21(30)29-28-12-14-4-7-18(8-5-14)33-23(32)19-9-6-17(25)11-20(19)26/h1-12H,13H2,(H,27,31)(H,29,30)/b28-12+. The molecule has 2 N–H and O–H groups in total. The highest BCUT2D eigenvalue weighted by Crippen LogP contribution is 2.23. The third kappa shape index (κ3) is 7.42. The molecule has 0 spiro atoms. The molecule has 0 heterocycles. The predicted octanol–water partition coefficient (Wildman–Crippen LogP) is 4.86. The van der Waals surface area contributed by atoms with E-state index in [1.165, 1.54) is 18.3 Å². The van der Waals surface area contributed by atoms with Gasteiger partial charge in [0, 0.05) is 15.1 Å². The molecule has 7 nitrogen and oxygen atoms in total. The molecule has 168 valence electrons. The van der Waals surface area contributed by atoms with Gasteiger partial charge in [0.2, 0.25) is 0 Å². The number of carbonyl (C=O) groups is 3. The number of hydrogen-bond donors (Lipinski definition) is 2. The van der Waals surface area contributed by atoms with Crippen LogP contribution in [-0.4, -0.2) is 30.5 Å². The van der Waals surface area contributed by atoms with Crippen molar-refractivity contribution in [2.45, 2.75) is 0 Å². The number of halogens is 3. The van der Waals surface area contributed by atoms with Gasteiger partial charge in [-0.1, -0.05) is 45.2 Å². The van der Waals surface area contributed by atoms with Crippen molar-refractivity contribution in [3.8, 4) is 5.75 Å². The Morgan fingerprint density at radius 3 is 2.45 bits per heavy atom. The van der Waals surface area contributed by atoms with Gasteiger partial charge in [-0.05, 0) is 66.2 Å². The van der Waals surface area contributed by atoms with Crippen molar-refractivity contribution < 1.29 is 19.1 Å². The molecule has 3 aromatic carbocycles. The van der Waals surface area contributed by atoms with Gasteiger partial charge in [0.1, 0.15) is 5.75 Å². The SMILES string of the molecule is O=C(CNC(=O)c1cccc(Br)c1)N/N=C/c1ccc(OC(=O)c2ccc(Cl)cc2Cl)cc1. The minimum atomic E-state index is -0.616. The Balaban J connectivity index is 1.47. The summed E-state index contributed by atoms with van der Waals surface area (Å²) in [4.78, 5) is 36.1. The van der Waals surface area contributed by atoms with Crippen LogP contribution in [0, 0.1) is 0 Å². The van der Waals surface area contributed by atoms with Crippen molar-refractivity contribution in [3.05, 3.63) is 97.9 Å². The fourth-order valence-electron chi connectivity index (χ4n) is 2.55. The fraction of sp³-hybridized carbons (Fsp3) is 0.0435. The summed E-state index contributed by atoms with van der Waals surface area (Å²) < 4.78 is 6.06. The van der Waals surface area contributed by atoms with Crippen LogP contribution in [0.4, 0.5) is 0 Å². The lowest BCUT2D eigenvalue weighted by Crippen LogP contribution is -2.34. The Morgan fingerprint density at radius 2 is 1.76 bits per heavy atom. The molecule has 0 atom stereocenters. The summed E-state index contributed by atoms with van der Waals surface area (Å²) in [5, 5.41) is 6.96. The number of carbonyl (C=O) groups excluding carboxylic acids is 3. The van der Waals surface area contributed by atoms with Crippen LogP contribution in [0.25, 0.3) is 0 Å². The molecule has 0 fully saturated rings. The maximum absolute atomic E-state index is 12.2. The zero-order valence-electron chi connectivity index (χ0n) is 16.8. The van der Waals surface area contributed by atoms with E-state index in [9.17, 15) is 14.4 Å². The van der Waals surface area contributed by atoms with Crippen molar-refractivity contribution in [2.75, 3.05) is 6.54 Å². The van der Waals surface area contributed by atoms with Crippen molar-refractivity contribution >= 4 is 63.1 Å². The zero-order valence-corrected chi connectivity index (χ0v) is 19.9. The predicted molar refractivity (Wildman–Crippen MR) is 130 cm³/mol. The van der Waals surface area contributed by atoms with E-state index in [2.05, 4.69) is 31.8 Å². The van der Waals surface area contributed by atoms with Crippen molar-refractivity contribution in [1.82, 2.24) is 10.7 Å². The molecule has 0 radical (unpaired) electrons. The molecule has 0 unspecified atom stereocenters. The second kappa shape index (κ2) is 11.6. The average molecular weight is 549 g/mol. The number of rotatable bonds is 7. The minimum Gasteiger partial charge on any atom is -0.423 e. The van der Waals surface area contributed by atoms with Crippen LogP contribution < -0.4 is 15.5 Å². The van der Waals surface area contributed by atoms with Crippen molar-refractivity contribution in [2.24, 2.45) is 5.10 Å². The molecular weight excluding hydrogens is 533 g/mol. The first kappa shape index (κ1) is 24.4. The lowest BCUT2D eigenvalue weighted by Gasteiger charge is -2.06. The molecule has 0 saturated heterocycles. The first-order valence-electron chi connectivity index (χ1n) is 9.45. The van der Waals surface area contributed by atoms with Crippen LogP contribution in [0.3, 0.4) is 0 Å². The van der Waals surface area contributed by atoms with Crippen LogP contribution in [0.5, 0.6) is 5.75 Å². The molecule has 0 saturated carbocycles. The lowest BCUT2D eigenvalue weighted by atomic mass is 10.2. The summed E-state index contributed by atoms with van der Waals surface area (Å²) >= 11 is 15.1. The van der Waals surface area contributed by atoms with Crippen LogP contribution in [0.15, 0.2) is 76.3 Å². The van der Waals surface area contributed by atoms with E-state index >= 15 is 0 Å². The van der Waals surface area contributed by atoms with Gasteiger partial charge in [0.15, 0.2) is 0 Å². The minimum absolute atomic E-state index is 0.194. The van der Waals surface area contributed by atoms with Crippen LogP contribution in [0.1, 0.15) is 26.3 Å². The van der Waals surface area contributed by atoms with E-state index in [1.54, 1.807) is 54.6 Å². The molecule has 3 rings (SSSR count). The topological polar surface area (TPSA) is 96.9 Å². The Morgan fingerprint density at radius 1 is 1.00 bits per heavy atom. The van der Waals surface area contributed by atoms with E-state index in [0.29, 0.717) is 21.9 Å². The Bertz CT molecular complexity index is 1220. The first-order chi connectivity index (χ1) is 15.8. The van der Waals surface area contributed by atoms with Gasteiger partial charge in [-0.2, -0.15) is 5.10 Å². The number of benzene rings is 3. The Labute approximate surface area is 207 Å². The highest BCUT2D eigenvalue weighted by atomic mass is 79.9. The molecule has 0 aliphatic heterocycles. The molecule has 10 heteroatoms. The van der Waals surface area contributed by atoms with Gasteiger partial charge in [0.25, 0.3) is 11.8 Å². The number of amides is 2. The van der Waals surface area contributed by atoms with Gasteiger partial charge in [-0.15, -0.1) is 0 Å². The molecule has 3 aromatic rings. The van der Waals surface area contributed by atoms with Gasteiger partial charge in [-0.25, -0.2) is 10.2 Å². The summed E-state index contributed by atoms with van der Waals surface area (Å²) in [6, 6.07) is 17.7. The second-order valence-corrected chi connectivity index (χ2v) is 8.33. The normalized spacial score (nSPS) is 10.6. The third-order valence-electron chi connectivity index (χ3n) is 4.14. The zero-order chi connectivity index (χ0) is 23.8. The van der Waals surface area contributed by atoms with E-state index in [0.717, 1.165) is 4.47 Å². The van der Waals surface area contributed by atoms with Crippen LogP contribution >= 0.6 is 39.1 Å². The fourth-order valence-corrected chi connectivity index (χ4v) is 3.43. The van der Waals surface area contributed by atoms with Gasteiger partial charge >= 0.3 is 5.97 Å². The number of esters is 1. The van der Waals surface area contributed by atoms with Gasteiger partial charge in [0.05, 0.1) is 23.3 Å². The smallest absolute Gasteiger partial charge is 0.345 e. The second-order valence-electron chi connectivity index (χ2n) is 6.57. The van der Waals surface area contributed by atoms with E-state index in [1.807, 2.05) is 0 Å². The number of nitrogens with zero attached hydrogens (tertiary/aromatic N) is 1. The van der Waals surface area contributed by atoms with Crippen molar-refractivity contribution in [3.63, 3.8) is 0 Å². The molecule has 2 amide bonds. The quantitative estimate of drug-likeness (QED) is 0.191. The average Bonchev–Trinajstić information content (AvgIpc) is 2.78. The first-order valence-corrected chi connectivity index (χ1v) is 11.0. The summed E-state index contributed by atoms with van der Waals surface area (Å²) in [7, 11) is 0. The molecule has 0 bridgehead atoms.